The van der Waals surface area contributed by atoms with Crippen LogP contribution in [0.4, 0.5) is 0 Å². The number of carbonyl (C=O) groups excluding carboxylic acids is 3. The number of aliphatic hydroxyl groups is 1. The van der Waals surface area contributed by atoms with Gasteiger partial charge in [-0.25, -0.2) is 0 Å². The van der Waals surface area contributed by atoms with Crippen LogP contribution < -0.4 is 0 Å². The third kappa shape index (κ3) is 6.53. The molecule has 0 aromatic heterocycles. The molecule has 5 atom stereocenters. The summed E-state index contributed by atoms with van der Waals surface area (Å²) in [6.45, 7) is 7.20. The zero-order valence-corrected chi connectivity index (χ0v) is 19.1. The molecular formula is C24H35NO6. The zero-order valence-electron chi connectivity index (χ0n) is 19.1. The first-order chi connectivity index (χ1) is 14.6. The molecule has 172 valence electrons. The second-order valence-corrected chi connectivity index (χ2v) is 8.68. The van der Waals surface area contributed by atoms with Gasteiger partial charge in [-0.3, -0.25) is 14.4 Å². The number of amides is 1. The van der Waals surface area contributed by atoms with Crippen LogP contribution in [0.15, 0.2) is 30.3 Å². The van der Waals surface area contributed by atoms with Crippen LogP contribution in [0.3, 0.4) is 0 Å². The van der Waals surface area contributed by atoms with Crippen LogP contribution in [0.2, 0.25) is 0 Å². The lowest BCUT2D eigenvalue weighted by atomic mass is 9.95. The van der Waals surface area contributed by atoms with E-state index in [1.165, 1.54) is 4.90 Å². The van der Waals surface area contributed by atoms with Gasteiger partial charge in [0, 0.05) is 7.05 Å². The fraction of sp³-hybridized carbons (Fsp3) is 0.625. The molecular weight excluding hydrogens is 398 g/mol. The first-order valence-corrected chi connectivity index (χ1v) is 11.0. The maximum atomic E-state index is 13.3. The standard InChI is InChI=1S/C24H35NO6/c1-6-10-20-16(4)24(29)31-22(15(2)3)23(28)25(5)18(19(26)14-21(27)30-20)13-17-11-8-7-9-12-17/h7-9,11-12,15-16,18-20,22,26H,6,10,13-14H2,1-5H3/t16-,18-,19+,20+,22-/m0/s1. The monoisotopic (exact) mass is 433 g/mol. The number of aliphatic hydroxyl groups excluding tert-OH is 1. The molecule has 2 rings (SSSR count). The highest BCUT2D eigenvalue weighted by Gasteiger charge is 2.39. The summed E-state index contributed by atoms with van der Waals surface area (Å²) in [6, 6.07) is 8.77. The summed E-state index contributed by atoms with van der Waals surface area (Å²) >= 11 is 0. The van der Waals surface area contributed by atoms with Gasteiger partial charge in [0.05, 0.1) is 24.5 Å². The van der Waals surface area contributed by atoms with Crippen LogP contribution >= 0.6 is 0 Å². The molecule has 0 aliphatic carbocycles. The molecule has 7 heteroatoms. The summed E-state index contributed by atoms with van der Waals surface area (Å²) < 4.78 is 11.2. The van der Waals surface area contributed by atoms with E-state index in [4.69, 9.17) is 9.47 Å². The molecule has 1 aliphatic rings. The molecule has 1 aromatic carbocycles. The van der Waals surface area contributed by atoms with Gasteiger partial charge < -0.3 is 19.5 Å². The lowest BCUT2D eigenvalue weighted by Crippen LogP contribution is -2.53. The number of esters is 2. The van der Waals surface area contributed by atoms with Crippen LogP contribution in [-0.2, 0) is 30.3 Å². The van der Waals surface area contributed by atoms with Crippen molar-refractivity contribution in [3.05, 3.63) is 35.9 Å². The molecule has 7 nitrogen and oxygen atoms in total. The molecule has 0 saturated carbocycles. The molecule has 31 heavy (non-hydrogen) atoms. The molecule has 0 unspecified atom stereocenters. The lowest BCUT2D eigenvalue weighted by molar-refractivity contribution is -0.176. The van der Waals surface area contributed by atoms with Crippen molar-refractivity contribution in [2.24, 2.45) is 11.8 Å². The third-order valence-corrected chi connectivity index (χ3v) is 5.83. The van der Waals surface area contributed by atoms with Crippen molar-refractivity contribution >= 4 is 17.8 Å². The molecule has 1 N–H and O–H groups in total. The SMILES string of the molecule is CCC[C@H]1OC(=O)C[C@@H](O)[C@H](Cc2ccccc2)N(C)C(=O)[C@H](C(C)C)OC(=O)[C@H]1C. The summed E-state index contributed by atoms with van der Waals surface area (Å²) in [7, 11) is 1.57. The fourth-order valence-corrected chi connectivity index (χ4v) is 3.83. The molecule has 1 saturated heterocycles. The van der Waals surface area contributed by atoms with Crippen LogP contribution in [0.1, 0.15) is 52.5 Å². The number of nitrogens with zero attached hydrogens (tertiary/aromatic N) is 1. The van der Waals surface area contributed by atoms with Crippen molar-refractivity contribution in [3.63, 3.8) is 0 Å². The Morgan fingerprint density at radius 1 is 1.13 bits per heavy atom. The third-order valence-electron chi connectivity index (χ3n) is 5.83. The number of benzene rings is 1. The normalized spacial score (nSPS) is 28.5. The summed E-state index contributed by atoms with van der Waals surface area (Å²) in [5.74, 6) is -2.51. The van der Waals surface area contributed by atoms with E-state index in [1.807, 2.05) is 51.1 Å². The maximum absolute atomic E-state index is 13.3. The van der Waals surface area contributed by atoms with Crippen LogP contribution in [0, 0.1) is 11.8 Å². The first-order valence-electron chi connectivity index (χ1n) is 11.0. The predicted molar refractivity (Wildman–Crippen MR) is 116 cm³/mol. The van der Waals surface area contributed by atoms with E-state index < -0.39 is 48.1 Å². The molecule has 1 amide bonds. The van der Waals surface area contributed by atoms with Crippen LogP contribution in [-0.4, -0.2) is 59.3 Å². The van der Waals surface area contributed by atoms with E-state index in [2.05, 4.69) is 0 Å². The highest BCUT2D eigenvalue weighted by atomic mass is 16.6. The van der Waals surface area contributed by atoms with E-state index in [-0.39, 0.29) is 12.3 Å². The summed E-state index contributed by atoms with van der Waals surface area (Å²) in [5.41, 5.74) is 0.919. The Balaban J connectivity index is 2.41. The average Bonchev–Trinajstić information content (AvgIpc) is 2.73. The molecule has 0 radical (unpaired) electrons. The van der Waals surface area contributed by atoms with Crippen LogP contribution in [0.25, 0.3) is 0 Å². The van der Waals surface area contributed by atoms with Crippen molar-refractivity contribution in [1.29, 1.82) is 0 Å². The lowest BCUT2D eigenvalue weighted by Gasteiger charge is -2.36. The Kier molecular flexibility index (Phi) is 9.04. The van der Waals surface area contributed by atoms with Gasteiger partial charge in [-0.05, 0) is 31.2 Å². The number of ether oxygens (including phenoxy) is 2. The minimum atomic E-state index is -1.12. The van der Waals surface area contributed by atoms with E-state index >= 15 is 0 Å². The van der Waals surface area contributed by atoms with E-state index in [9.17, 15) is 19.5 Å². The first kappa shape index (κ1) is 24.9. The van der Waals surface area contributed by atoms with Crippen molar-refractivity contribution in [3.8, 4) is 0 Å². The van der Waals surface area contributed by atoms with E-state index in [1.54, 1.807) is 14.0 Å². The number of carbonyl (C=O) groups is 3. The van der Waals surface area contributed by atoms with Crippen molar-refractivity contribution in [2.75, 3.05) is 7.05 Å². The van der Waals surface area contributed by atoms with Gasteiger partial charge in [-0.2, -0.15) is 0 Å². The summed E-state index contributed by atoms with van der Waals surface area (Å²) in [6.07, 6.45) is -1.47. The average molecular weight is 434 g/mol. The number of cyclic esters (lactones) is 2. The highest BCUT2D eigenvalue weighted by Crippen LogP contribution is 2.23. The highest BCUT2D eigenvalue weighted by molar-refractivity contribution is 5.85. The molecule has 1 heterocycles. The smallest absolute Gasteiger partial charge is 0.313 e. The minimum Gasteiger partial charge on any atom is -0.461 e. The minimum absolute atomic E-state index is 0.254. The topological polar surface area (TPSA) is 93.1 Å². The van der Waals surface area contributed by atoms with E-state index in [0.29, 0.717) is 19.3 Å². The van der Waals surface area contributed by atoms with Crippen molar-refractivity contribution in [2.45, 2.75) is 77.7 Å². The molecule has 1 fully saturated rings. The van der Waals surface area contributed by atoms with Crippen molar-refractivity contribution < 1.29 is 29.0 Å². The molecule has 1 aliphatic heterocycles. The Morgan fingerprint density at radius 3 is 2.35 bits per heavy atom. The Morgan fingerprint density at radius 2 is 1.77 bits per heavy atom. The van der Waals surface area contributed by atoms with Gasteiger partial charge in [0.1, 0.15) is 6.10 Å². The number of hydrogen-bond acceptors (Lipinski definition) is 6. The zero-order chi connectivity index (χ0) is 23.1. The summed E-state index contributed by atoms with van der Waals surface area (Å²) in [5, 5.41) is 10.9. The van der Waals surface area contributed by atoms with Gasteiger partial charge in [-0.15, -0.1) is 0 Å². The van der Waals surface area contributed by atoms with Gasteiger partial charge in [0.15, 0.2) is 6.10 Å². The number of likely N-dealkylation sites (N-methyl/N-ethyl adjacent to an activating group) is 1. The maximum Gasteiger partial charge on any atom is 0.313 e. The molecule has 1 aromatic rings. The predicted octanol–water partition coefficient (Wildman–Crippen LogP) is 2.74. The van der Waals surface area contributed by atoms with Gasteiger partial charge in [-0.1, -0.05) is 57.5 Å². The van der Waals surface area contributed by atoms with Gasteiger partial charge in [0.25, 0.3) is 5.91 Å². The van der Waals surface area contributed by atoms with Gasteiger partial charge >= 0.3 is 11.9 Å². The van der Waals surface area contributed by atoms with Gasteiger partial charge in [0.2, 0.25) is 0 Å². The van der Waals surface area contributed by atoms with Crippen molar-refractivity contribution in [1.82, 2.24) is 4.90 Å². The molecule has 0 spiro atoms. The number of rotatable bonds is 5. The Hall–Kier alpha value is -2.41. The second kappa shape index (κ2) is 11.3. The largest absolute Gasteiger partial charge is 0.461 e. The quantitative estimate of drug-likeness (QED) is 0.718. The molecule has 0 bridgehead atoms. The summed E-state index contributed by atoms with van der Waals surface area (Å²) in [4.78, 5) is 40.1. The second-order valence-electron chi connectivity index (χ2n) is 8.68. The Bertz CT molecular complexity index is 750. The Labute approximate surface area is 184 Å². The number of hydrogen-bond donors (Lipinski definition) is 1. The van der Waals surface area contributed by atoms with E-state index in [0.717, 1.165) is 5.56 Å². The fourth-order valence-electron chi connectivity index (χ4n) is 3.83. The van der Waals surface area contributed by atoms with Crippen LogP contribution in [0.5, 0.6) is 0 Å².